The first kappa shape index (κ1) is 21.0. The molecule has 166 valence electrons. The number of anilines is 1. The Morgan fingerprint density at radius 2 is 1.70 bits per heavy atom. The number of amides is 1. The first-order chi connectivity index (χ1) is 16.1. The van der Waals surface area contributed by atoms with Gasteiger partial charge in [0.05, 0.1) is 16.9 Å². The fourth-order valence-corrected chi connectivity index (χ4v) is 4.17. The molecule has 0 saturated carbocycles. The van der Waals surface area contributed by atoms with Crippen LogP contribution in [0.3, 0.4) is 0 Å². The number of piperazine rings is 1. The highest BCUT2D eigenvalue weighted by atomic mass is 16.2. The predicted octanol–water partition coefficient (Wildman–Crippen LogP) is 3.25. The number of carbonyl (C=O) groups is 1. The number of nitrogens with zero attached hydrogens (tertiary/aromatic N) is 5. The Morgan fingerprint density at radius 1 is 0.909 bits per heavy atom. The van der Waals surface area contributed by atoms with Crippen LogP contribution in [0.25, 0.3) is 22.3 Å². The van der Waals surface area contributed by atoms with Crippen LogP contribution in [0.15, 0.2) is 66.7 Å². The van der Waals surface area contributed by atoms with Crippen molar-refractivity contribution in [2.24, 2.45) is 0 Å². The summed E-state index contributed by atoms with van der Waals surface area (Å²) in [5, 5.41) is 0. The molecule has 0 bridgehead atoms. The number of pyridine rings is 1. The van der Waals surface area contributed by atoms with Crippen LogP contribution < -0.4 is 5.73 Å². The van der Waals surface area contributed by atoms with Gasteiger partial charge in [-0.1, -0.05) is 42.5 Å². The lowest BCUT2D eigenvalue weighted by atomic mass is 10.0. The summed E-state index contributed by atoms with van der Waals surface area (Å²) in [4.78, 5) is 30.9. The lowest BCUT2D eigenvalue weighted by molar-refractivity contribution is 0.0664. The molecule has 0 spiro atoms. The minimum atomic E-state index is 0.0617. The minimum absolute atomic E-state index is 0.0617. The van der Waals surface area contributed by atoms with Crippen molar-refractivity contribution in [1.82, 2.24) is 24.8 Å². The zero-order valence-electron chi connectivity index (χ0n) is 18.6. The van der Waals surface area contributed by atoms with Crippen molar-refractivity contribution >= 4 is 22.9 Å². The fourth-order valence-electron chi connectivity index (χ4n) is 4.17. The predicted molar refractivity (Wildman–Crippen MR) is 130 cm³/mol. The van der Waals surface area contributed by atoms with Crippen LogP contribution in [0.2, 0.25) is 0 Å². The van der Waals surface area contributed by atoms with E-state index in [9.17, 15) is 4.79 Å². The Bertz CT molecular complexity index is 1300. The normalized spacial score (nSPS) is 14.5. The number of nitrogen functional groups attached to an aromatic ring is 1. The van der Waals surface area contributed by atoms with Gasteiger partial charge >= 0.3 is 0 Å². The monoisotopic (exact) mass is 438 g/mol. The van der Waals surface area contributed by atoms with E-state index in [0.29, 0.717) is 17.5 Å². The Morgan fingerprint density at radius 3 is 2.48 bits per heavy atom. The largest absolute Gasteiger partial charge is 0.368 e. The summed E-state index contributed by atoms with van der Waals surface area (Å²) < 4.78 is 0. The maximum atomic E-state index is 13.1. The Labute approximate surface area is 192 Å². The Balaban J connectivity index is 1.49. The number of aromatic nitrogens is 3. The number of hydrogen-bond donors (Lipinski definition) is 1. The molecule has 2 N–H and O–H groups in total. The summed E-state index contributed by atoms with van der Waals surface area (Å²) in [5.41, 5.74) is 11.7. The number of carbonyl (C=O) groups excluding carboxylic acids is 1. The molecule has 33 heavy (non-hydrogen) atoms. The molecule has 1 aliphatic heterocycles. The van der Waals surface area contributed by atoms with Gasteiger partial charge in [-0.15, -0.1) is 0 Å². The minimum Gasteiger partial charge on any atom is -0.368 e. The number of nitrogens with two attached hydrogens (primary N) is 1. The quantitative estimate of drug-likeness (QED) is 0.526. The van der Waals surface area contributed by atoms with Gasteiger partial charge in [0.1, 0.15) is 5.52 Å². The molecular weight excluding hydrogens is 412 g/mol. The van der Waals surface area contributed by atoms with E-state index in [1.54, 1.807) is 0 Å². The molecule has 0 radical (unpaired) electrons. The van der Waals surface area contributed by atoms with Crippen LogP contribution in [-0.4, -0.2) is 63.9 Å². The highest BCUT2D eigenvalue weighted by Gasteiger charge is 2.21. The van der Waals surface area contributed by atoms with Crippen molar-refractivity contribution in [2.75, 3.05) is 39.0 Å². The van der Waals surface area contributed by atoms with E-state index in [2.05, 4.69) is 34.0 Å². The summed E-state index contributed by atoms with van der Waals surface area (Å²) in [6.45, 7) is 3.28. The average Bonchev–Trinajstić information content (AvgIpc) is 2.84. The molecule has 1 saturated heterocycles. The summed E-state index contributed by atoms with van der Waals surface area (Å²) >= 11 is 0. The van der Waals surface area contributed by atoms with Crippen molar-refractivity contribution in [1.29, 1.82) is 0 Å². The molecule has 1 aliphatic rings. The number of likely N-dealkylation sites (N-methyl/N-ethyl adjacent to an activating group) is 1. The number of benzene rings is 2. The molecule has 0 unspecified atom stereocenters. The molecule has 5 rings (SSSR count). The second-order valence-corrected chi connectivity index (χ2v) is 8.43. The maximum Gasteiger partial charge on any atom is 0.253 e. The second-order valence-electron chi connectivity index (χ2n) is 8.43. The van der Waals surface area contributed by atoms with Crippen molar-refractivity contribution in [3.63, 3.8) is 0 Å². The van der Waals surface area contributed by atoms with E-state index >= 15 is 0 Å². The van der Waals surface area contributed by atoms with E-state index in [-0.39, 0.29) is 11.9 Å². The van der Waals surface area contributed by atoms with Gasteiger partial charge in [-0.25, -0.2) is 15.0 Å². The Kier molecular flexibility index (Phi) is 5.71. The highest BCUT2D eigenvalue weighted by Crippen LogP contribution is 2.25. The third kappa shape index (κ3) is 4.54. The fraction of sp³-hybridized carbons (Fsp3) is 0.231. The third-order valence-corrected chi connectivity index (χ3v) is 6.04. The average molecular weight is 439 g/mol. The van der Waals surface area contributed by atoms with E-state index in [4.69, 9.17) is 10.7 Å². The van der Waals surface area contributed by atoms with Crippen LogP contribution in [0.5, 0.6) is 0 Å². The summed E-state index contributed by atoms with van der Waals surface area (Å²) in [5.74, 6) is 0.300. The molecule has 0 aliphatic carbocycles. The molecule has 2 aromatic heterocycles. The van der Waals surface area contributed by atoms with E-state index in [0.717, 1.165) is 54.2 Å². The number of hydrogen-bond acceptors (Lipinski definition) is 6. The van der Waals surface area contributed by atoms with E-state index in [1.807, 2.05) is 59.5 Å². The third-order valence-electron chi connectivity index (χ3n) is 6.04. The van der Waals surface area contributed by atoms with Gasteiger partial charge in [0.25, 0.3) is 5.91 Å². The molecule has 0 atom stereocenters. The molecule has 1 fully saturated rings. The first-order valence-corrected chi connectivity index (χ1v) is 11.1. The molecule has 7 nitrogen and oxygen atoms in total. The SMILES string of the molecule is CN1CCN(C(=O)c2cccc(-c3ccc4nc(N)nc(Cc5ccccc5)c4n3)c2)CC1. The lowest BCUT2D eigenvalue weighted by Crippen LogP contribution is -2.47. The summed E-state index contributed by atoms with van der Waals surface area (Å²) in [6.07, 6.45) is 0.614. The van der Waals surface area contributed by atoms with Crippen LogP contribution >= 0.6 is 0 Å². The van der Waals surface area contributed by atoms with Crippen molar-refractivity contribution in [3.05, 3.63) is 83.6 Å². The van der Waals surface area contributed by atoms with Crippen molar-refractivity contribution < 1.29 is 4.79 Å². The first-order valence-electron chi connectivity index (χ1n) is 11.1. The van der Waals surface area contributed by atoms with Crippen molar-refractivity contribution in [3.8, 4) is 11.3 Å². The summed E-state index contributed by atoms with van der Waals surface area (Å²) in [7, 11) is 2.08. The topological polar surface area (TPSA) is 88.2 Å². The van der Waals surface area contributed by atoms with Crippen LogP contribution in [0.4, 0.5) is 5.95 Å². The summed E-state index contributed by atoms with van der Waals surface area (Å²) in [6, 6.07) is 21.6. The highest BCUT2D eigenvalue weighted by molar-refractivity contribution is 5.95. The Hall–Kier alpha value is -3.84. The van der Waals surface area contributed by atoms with Crippen LogP contribution in [-0.2, 0) is 6.42 Å². The molecule has 4 aromatic rings. The van der Waals surface area contributed by atoms with Gasteiger partial charge in [0.2, 0.25) is 5.95 Å². The van der Waals surface area contributed by atoms with E-state index < -0.39 is 0 Å². The van der Waals surface area contributed by atoms with Gasteiger partial charge in [-0.2, -0.15) is 0 Å². The van der Waals surface area contributed by atoms with Crippen LogP contribution in [0.1, 0.15) is 21.6 Å². The van der Waals surface area contributed by atoms with Crippen LogP contribution in [0, 0.1) is 0 Å². The smallest absolute Gasteiger partial charge is 0.253 e. The zero-order valence-corrected chi connectivity index (χ0v) is 18.6. The molecule has 1 amide bonds. The standard InChI is InChI=1S/C26H26N6O/c1-31-12-14-32(15-13-31)25(33)20-9-5-8-19(17-20)21-10-11-22-24(28-21)23(30-26(27)29-22)16-18-6-3-2-4-7-18/h2-11,17H,12-16H2,1H3,(H2,27,29,30). The lowest BCUT2D eigenvalue weighted by Gasteiger charge is -2.32. The number of rotatable bonds is 4. The van der Waals surface area contributed by atoms with E-state index in [1.165, 1.54) is 0 Å². The van der Waals surface area contributed by atoms with Gasteiger partial charge in [0, 0.05) is 43.7 Å². The van der Waals surface area contributed by atoms with Gasteiger partial charge in [-0.05, 0) is 36.9 Å². The molecular formula is C26H26N6O. The number of fused-ring (bicyclic) bond motifs is 1. The van der Waals surface area contributed by atoms with Crippen molar-refractivity contribution in [2.45, 2.75) is 6.42 Å². The second kappa shape index (κ2) is 8.96. The maximum absolute atomic E-state index is 13.1. The molecule has 2 aromatic carbocycles. The molecule has 3 heterocycles. The van der Waals surface area contributed by atoms with Gasteiger partial charge in [-0.3, -0.25) is 4.79 Å². The molecule has 7 heteroatoms. The van der Waals surface area contributed by atoms with Gasteiger partial charge in [0.15, 0.2) is 0 Å². The zero-order chi connectivity index (χ0) is 22.8. The van der Waals surface area contributed by atoms with Gasteiger partial charge < -0.3 is 15.5 Å².